The van der Waals surface area contributed by atoms with Gasteiger partial charge in [-0.05, 0) is 43.2 Å². The number of hydrogen-bond acceptors (Lipinski definition) is 2. The molecule has 2 aromatic carbocycles. The van der Waals surface area contributed by atoms with E-state index in [-0.39, 0.29) is 0 Å². The number of benzene rings is 2. The molecule has 0 saturated heterocycles. The summed E-state index contributed by atoms with van der Waals surface area (Å²) in [4.78, 5) is 2.20. The summed E-state index contributed by atoms with van der Waals surface area (Å²) in [5.41, 5.74) is 11.9. The molecule has 0 aromatic heterocycles. The zero-order valence-corrected chi connectivity index (χ0v) is 13.2. The van der Waals surface area contributed by atoms with Crippen LogP contribution >= 0.6 is 15.9 Å². The third-order valence-corrected chi connectivity index (χ3v) is 3.84. The monoisotopic (exact) mass is 318 g/mol. The van der Waals surface area contributed by atoms with Crippen molar-refractivity contribution in [3.05, 3.63) is 57.6 Å². The molecule has 0 atom stereocenters. The van der Waals surface area contributed by atoms with Crippen molar-refractivity contribution in [3.8, 4) is 0 Å². The maximum absolute atomic E-state index is 5.84. The second kappa shape index (κ2) is 5.76. The molecule has 0 fully saturated rings. The van der Waals surface area contributed by atoms with Crippen LogP contribution in [0.15, 0.2) is 40.9 Å². The Morgan fingerprint density at radius 2 is 1.79 bits per heavy atom. The predicted molar refractivity (Wildman–Crippen MR) is 86.0 cm³/mol. The van der Waals surface area contributed by atoms with Gasteiger partial charge in [-0.3, -0.25) is 0 Å². The van der Waals surface area contributed by atoms with Crippen LogP contribution in [0.4, 0.5) is 11.4 Å². The number of aryl methyl sites for hydroxylation is 2. The molecule has 2 rings (SSSR count). The molecule has 0 heterocycles. The van der Waals surface area contributed by atoms with Gasteiger partial charge in [0.1, 0.15) is 0 Å². The van der Waals surface area contributed by atoms with Crippen LogP contribution in [0.5, 0.6) is 0 Å². The fraction of sp³-hybridized carbons (Fsp3) is 0.250. The van der Waals surface area contributed by atoms with E-state index in [2.05, 4.69) is 72.1 Å². The second-order valence-electron chi connectivity index (χ2n) is 4.83. The molecule has 0 unspecified atom stereocenters. The highest BCUT2D eigenvalue weighted by Crippen LogP contribution is 2.31. The fourth-order valence-electron chi connectivity index (χ4n) is 2.33. The lowest BCUT2D eigenvalue weighted by molar-refractivity contribution is 1.04. The summed E-state index contributed by atoms with van der Waals surface area (Å²) in [6.45, 7) is 4.79. The van der Waals surface area contributed by atoms with Gasteiger partial charge in [0.2, 0.25) is 0 Å². The Hall–Kier alpha value is -1.32. The summed E-state index contributed by atoms with van der Waals surface area (Å²) in [6, 6.07) is 12.7. The van der Waals surface area contributed by atoms with Gasteiger partial charge in [-0.15, -0.1) is 0 Å². The summed E-state index contributed by atoms with van der Waals surface area (Å²) in [5, 5.41) is 0. The summed E-state index contributed by atoms with van der Waals surface area (Å²) < 4.78 is 1.07. The van der Waals surface area contributed by atoms with Crippen LogP contribution in [-0.4, -0.2) is 7.05 Å². The van der Waals surface area contributed by atoms with Gasteiger partial charge in [-0.1, -0.05) is 39.7 Å². The Bertz CT molecular complexity index is 593. The Morgan fingerprint density at radius 1 is 1.05 bits per heavy atom. The summed E-state index contributed by atoms with van der Waals surface area (Å²) >= 11 is 3.53. The number of nitrogens with zero attached hydrogens (tertiary/aromatic N) is 1. The Kier molecular flexibility index (Phi) is 4.27. The lowest BCUT2D eigenvalue weighted by atomic mass is 10.1. The van der Waals surface area contributed by atoms with E-state index in [0.717, 1.165) is 15.7 Å². The molecule has 19 heavy (non-hydrogen) atoms. The molecule has 3 heteroatoms. The molecule has 0 bridgehead atoms. The Balaban J connectivity index is 2.49. The van der Waals surface area contributed by atoms with Crippen molar-refractivity contribution in [2.24, 2.45) is 5.73 Å². The molecule has 0 spiro atoms. The highest BCUT2D eigenvalue weighted by molar-refractivity contribution is 9.10. The van der Waals surface area contributed by atoms with E-state index in [1.54, 1.807) is 0 Å². The predicted octanol–water partition coefficient (Wildman–Crippen LogP) is 4.29. The number of rotatable bonds is 3. The minimum atomic E-state index is 0.540. The van der Waals surface area contributed by atoms with Crippen LogP contribution in [0, 0.1) is 13.8 Å². The SMILES string of the molecule is Cc1ccc(N(C)c2cc(Br)ccc2CN)c(C)c1. The maximum Gasteiger partial charge on any atom is 0.0465 e. The van der Waals surface area contributed by atoms with Gasteiger partial charge < -0.3 is 10.6 Å². The van der Waals surface area contributed by atoms with Crippen LogP contribution in [0.3, 0.4) is 0 Å². The summed E-state index contributed by atoms with van der Waals surface area (Å²) in [6.07, 6.45) is 0. The Labute approximate surface area is 123 Å². The molecule has 0 aliphatic carbocycles. The van der Waals surface area contributed by atoms with Crippen molar-refractivity contribution < 1.29 is 0 Å². The summed E-state index contributed by atoms with van der Waals surface area (Å²) in [7, 11) is 2.08. The van der Waals surface area contributed by atoms with Gasteiger partial charge in [0.05, 0.1) is 0 Å². The molecule has 2 N–H and O–H groups in total. The van der Waals surface area contributed by atoms with Crippen LogP contribution in [-0.2, 0) is 6.54 Å². The van der Waals surface area contributed by atoms with Crippen molar-refractivity contribution in [2.75, 3.05) is 11.9 Å². The normalized spacial score (nSPS) is 10.6. The smallest absolute Gasteiger partial charge is 0.0465 e. The molecule has 0 aliphatic rings. The quantitative estimate of drug-likeness (QED) is 0.914. The zero-order valence-electron chi connectivity index (χ0n) is 11.6. The minimum absolute atomic E-state index is 0.540. The highest BCUT2D eigenvalue weighted by Gasteiger charge is 2.11. The average molecular weight is 319 g/mol. The van der Waals surface area contributed by atoms with E-state index in [1.165, 1.54) is 16.8 Å². The largest absolute Gasteiger partial charge is 0.344 e. The van der Waals surface area contributed by atoms with Crippen molar-refractivity contribution >= 4 is 27.3 Å². The van der Waals surface area contributed by atoms with E-state index >= 15 is 0 Å². The van der Waals surface area contributed by atoms with Crippen molar-refractivity contribution in [1.82, 2.24) is 0 Å². The van der Waals surface area contributed by atoms with Crippen molar-refractivity contribution in [3.63, 3.8) is 0 Å². The first-order valence-electron chi connectivity index (χ1n) is 6.32. The minimum Gasteiger partial charge on any atom is -0.344 e. The number of halogens is 1. The van der Waals surface area contributed by atoms with Crippen LogP contribution < -0.4 is 10.6 Å². The van der Waals surface area contributed by atoms with Crippen LogP contribution in [0.2, 0.25) is 0 Å². The lowest BCUT2D eigenvalue weighted by Gasteiger charge is -2.24. The topological polar surface area (TPSA) is 29.3 Å². The molecule has 0 radical (unpaired) electrons. The third-order valence-electron chi connectivity index (χ3n) is 3.34. The first-order chi connectivity index (χ1) is 9.02. The highest BCUT2D eigenvalue weighted by atomic mass is 79.9. The molecule has 100 valence electrons. The number of hydrogen-bond donors (Lipinski definition) is 1. The maximum atomic E-state index is 5.84. The van der Waals surface area contributed by atoms with Gasteiger partial charge in [-0.2, -0.15) is 0 Å². The standard InChI is InChI=1S/C16H19BrN2/c1-11-4-7-15(12(2)8-11)19(3)16-9-14(17)6-5-13(16)10-18/h4-9H,10,18H2,1-3H3. The lowest BCUT2D eigenvalue weighted by Crippen LogP contribution is -2.14. The molecule has 0 amide bonds. The van der Waals surface area contributed by atoms with Crippen molar-refractivity contribution in [2.45, 2.75) is 20.4 Å². The molecule has 0 saturated carbocycles. The van der Waals surface area contributed by atoms with E-state index in [1.807, 2.05) is 6.07 Å². The number of anilines is 2. The molecule has 2 nitrogen and oxygen atoms in total. The zero-order chi connectivity index (χ0) is 14.0. The third kappa shape index (κ3) is 2.99. The van der Waals surface area contributed by atoms with Gasteiger partial charge in [0.15, 0.2) is 0 Å². The molecular weight excluding hydrogens is 300 g/mol. The first kappa shape index (κ1) is 14.1. The van der Waals surface area contributed by atoms with Crippen LogP contribution in [0.1, 0.15) is 16.7 Å². The van der Waals surface area contributed by atoms with E-state index < -0.39 is 0 Å². The van der Waals surface area contributed by atoms with E-state index in [9.17, 15) is 0 Å². The van der Waals surface area contributed by atoms with Gasteiger partial charge in [0, 0.05) is 29.4 Å². The molecular formula is C16H19BrN2. The Morgan fingerprint density at radius 3 is 2.42 bits per heavy atom. The summed E-state index contributed by atoms with van der Waals surface area (Å²) in [5.74, 6) is 0. The molecule has 2 aromatic rings. The van der Waals surface area contributed by atoms with Crippen LogP contribution in [0.25, 0.3) is 0 Å². The van der Waals surface area contributed by atoms with E-state index in [0.29, 0.717) is 6.54 Å². The number of nitrogens with two attached hydrogens (primary N) is 1. The van der Waals surface area contributed by atoms with Gasteiger partial charge >= 0.3 is 0 Å². The van der Waals surface area contributed by atoms with Crippen molar-refractivity contribution in [1.29, 1.82) is 0 Å². The van der Waals surface area contributed by atoms with E-state index in [4.69, 9.17) is 5.73 Å². The van der Waals surface area contributed by atoms with Gasteiger partial charge in [0.25, 0.3) is 0 Å². The molecule has 0 aliphatic heterocycles. The first-order valence-corrected chi connectivity index (χ1v) is 7.11. The van der Waals surface area contributed by atoms with Gasteiger partial charge in [-0.25, -0.2) is 0 Å². The fourth-order valence-corrected chi connectivity index (χ4v) is 2.68. The second-order valence-corrected chi connectivity index (χ2v) is 5.74. The average Bonchev–Trinajstić information content (AvgIpc) is 2.38.